The van der Waals surface area contributed by atoms with E-state index in [4.69, 9.17) is 0 Å². The van der Waals surface area contributed by atoms with Gasteiger partial charge in [-0.25, -0.2) is 0 Å². The highest BCUT2D eigenvalue weighted by atomic mass is 16.2. The lowest BCUT2D eigenvalue weighted by Crippen LogP contribution is -2.47. The maximum absolute atomic E-state index is 12.3. The molecule has 0 unspecified atom stereocenters. The number of carbonyl (C=O) groups excluding carboxylic acids is 1. The van der Waals surface area contributed by atoms with Gasteiger partial charge in [0.25, 0.3) is 0 Å². The summed E-state index contributed by atoms with van der Waals surface area (Å²) >= 11 is 0. The van der Waals surface area contributed by atoms with Crippen LogP contribution in [0.4, 0.5) is 5.69 Å². The highest BCUT2D eigenvalue weighted by Crippen LogP contribution is 2.37. The second kappa shape index (κ2) is 8.22. The van der Waals surface area contributed by atoms with E-state index >= 15 is 0 Å². The number of nitrogens with zero attached hydrogens (tertiary/aromatic N) is 2. The lowest BCUT2D eigenvalue weighted by atomic mass is 9.88. The zero-order chi connectivity index (χ0) is 17.7. The zero-order valence-electron chi connectivity index (χ0n) is 15.9. The van der Waals surface area contributed by atoms with E-state index in [0.717, 1.165) is 58.5 Å². The van der Waals surface area contributed by atoms with Gasteiger partial charge >= 0.3 is 0 Å². The summed E-state index contributed by atoms with van der Waals surface area (Å²) in [4.78, 5) is 17.3. The smallest absolute Gasteiger partial charge is 0.225 e. The standard InChI is InChI=1S/C21H33N3O/c1-18-7-5-8-19(17-18)24-15-13-23(14-16-24)12-6-11-22-20(25)21(2)9-3-4-10-21/h5,7-8,17H,3-4,6,9-16H2,1-2H3,(H,22,25). The van der Waals surface area contributed by atoms with Gasteiger partial charge in [-0.2, -0.15) is 0 Å². The lowest BCUT2D eigenvalue weighted by Gasteiger charge is -2.36. The molecule has 0 bridgehead atoms. The monoisotopic (exact) mass is 343 g/mol. The largest absolute Gasteiger partial charge is 0.369 e. The fraction of sp³-hybridized carbons (Fsp3) is 0.667. The molecule has 0 aromatic heterocycles. The van der Waals surface area contributed by atoms with Gasteiger partial charge in [-0.05, 0) is 50.4 Å². The predicted octanol–water partition coefficient (Wildman–Crippen LogP) is 3.20. The Morgan fingerprint density at radius 1 is 1.16 bits per heavy atom. The first-order valence-corrected chi connectivity index (χ1v) is 9.89. The maximum Gasteiger partial charge on any atom is 0.225 e. The molecular formula is C21H33N3O. The van der Waals surface area contributed by atoms with Gasteiger partial charge in [0.05, 0.1) is 0 Å². The van der Waals surface area contributed by atoms with E-state index < -0.39 is 0 Å². The second-order valence-electron chi connectivity index (χ2n) is 8.04. The number of benzene rings is 1. The molecule has 25 heavy (non-hydrogen) atoms. The van der Waals surface area contributed by atoms with Crippen molar-refractivity contribution >= 4 is 11.6 Å². The number of nitrogens with one attached hydrogen (secondary N) is 1. The van der Waals surface area contributed by atoms with Gasteiger partial charge in [0.15, 0.2) is 0 Å². The van der Waals surface area contributed by atoms with Crippen LogP contribution in [0.25, 0.3) is 0 Å². The Labute approximate surface area is 152 Å². The van der Waals surface area contributed by atoms with Crippen LogP contribution in [0.15, 0.2) is 24.3 Å². The van der Waals surface area contributed by atoms with Crippen LogP contribution in [0.2, 0.25) is 0 Å². The van der Waals surface area contributed by atoms with Crippen molar-refractivity contribution in [2.45, 2.75) is 46.0 Å². The van der Waals surface area contributed by atoms with Gasteiger partial charge in [0.1, 0.15) is 0 Å². The Morgan fingerprint density at radius 3 is 2.56 bits per heavy atom. The Morgan fingerprint density at radius 2 is 1.88 bits per heavy atom. The quantitative estimate of drug-likeness (QED) is 0.806. The van der Waals surface area contributed by atoms with Crippen molar-refractivity contribution < 1.29 is 4.79 Å². The molecule has 2 aliphatic rings. The third kappa shape index (κ3) is 4.75. The van der Waals surface area contributed by atoms with Crippen LogP contribution in [-0.4, -0.2) is 50.1 Å². The van der Waals surface area contributed by atoms with Crippen LogP contribution in [-0.2, 0) is 4.79 Å². The highest BCUT2D eigenvalue weighted by molar-refractivity contribution is 5.82. The normalized spacial score (nSPS) is 20.6. The zero-order valence-corrected chi connectivity index (χ0v) is 15.9. The molecule has 4 nitrogen and oxygen atoms in total. The van der Waals surface area contributed by atoms with Crippen LogP contribution < -0.4 is 10.2 Å². The summed E-state index contributed by atoms with van der Waals surface area (Å²) in [5, 5.41) is 3.17. The average Bonchev–Trinajstić information content (AvgIpc) is 3.07. The Kier molecular flexibility index (Phi) is 6.00. The summed E-state index contributed by atoms with van der Waals surface area (Å²) in [5.41, 5.74) is 2.57. The summed E-state index contributed by atoms with van der Waals surface area (Å²) in [6.07, 6.45) is 5.57. The lowest BCUT2D eigenvalue weighted by molar-refractivity contribution is -0.129. The van der Waals surface area contributed by atoms with E-state index in [9.17, 15) is 4.79 Å². The second-order valence-corrected chi connectivity index (χ2v) is 8.04. The molecule has 1 aliphatic heterocycles. The summed E-state index contributed by atoms with van der Waals surface area (Å²) in [7, 11) is 0. The van der Waals surface area contributed by atoms with Crippen molar-refractivity contribution in [2.24, 2.45) is 5.41 Å². The van der Waals surface area contributed by atoms with Gasteiger partial charge in [0.2, 0.25) is 5.91 Å². The van der Waals surface area contributed by atoms with E-state index in [0.29, 0.717) is 0 Å². The molecule has 2 fully saturated rings. The number of carbonyl (C=O) groups is 1. The van der Waals surface area contributed by atoms with Gasteiger partial charge in [-0.3, -0.25) is 9.69 Å². The first-order chi connectivity index (χ1) is 12.1. The van der Waals surface area contributed by atoms with Crippen LogP contribution >= 0.6 is 0 Å². The molecular weight excluding hydrogens is 310 g/mol. The third-order valence-corrected chi connectivity index (χ3v) is 5.93. The maximum atomic E-state index is 12.3. The van der Waals surface area contributed by atoms with Crippen molar-refractivity contribution in [2.75, 3.05) is 44.2 Å². The fourth-order valence-corrected chi connectivity index (χ4v) is 4.15. The van der Waals surface area contributed by atoms with E-state index in [1.807, 2.05) is 0 Å². The minimum absolute atomic E-state index is 0.0978. The van der Waals surface area contributed by atoms with Crippen LogP contribution in [0.3, 0.4) is 0 Å². The number of hydrogen-bond acceptors (Lipinski definition) is 3. The average molecular weight is 344 g/mol. The van der Waals surface area contributed by atoms with Crippen molar-refractivity contribution in [3.63, 3.8) is 0 Å². The molecule has 3 rings (SSSR count). The first-order valence-electron chi connectivity index (χ1n) is 9.89. The Bertz CT molecular complexity index is 572. The number of aryl methyl sites for hydroxylation is 1. The van der Waals surface area contributed by atoms with Crippen molar-refractivity contribution in [1.82, 2.24) is 10.2 Å². The molecule has 1 aromatic rings. The molecule has 1 saturated carbocycles. The SMILES string of the molecule is Cc1cccc(N2CCN(CCCNC(=O)C3(C)CCCC3)CC2)c1. The van der Waals surface area contributed by atoms with Crippen LogP contribution in [0, 0.1) is 12.3 Å². The summed E-state index contributed by atoms with van der Waals surface area (Å²) < 4.78 is 0. The van der Waals surface area contributed by atoms with Crippen molar-refractivity contribution in [3.8, 4) is 0 Å². The third-order valence-electron chi connectivity index (χ3n) is 5.93. The number of hydrogen-bond donors (Lipinski definition) is 1. The van der Waals surface area contributed by atoms with E-state index in [1.54, 1.807) is 0 Å². The molecule has 1 N–H and O–H groups in total. The van der Waals surface area contributed by atoms with Gasteiger partial charge < -0.3 is 10.2 Å². The summed E-state index contributed by atoms with van der Waals surface area (Å²) in [5.74, 6) is 0.272. The molecule has 1 saturated heterocycles. The van der Waals surface area contributed by atoms with Crippen LogP contribution in [0.5, 0.6) is 0 Å². The van der Waals surface area contributed by atoms with Crippen LogP contribution in [0.1, 0.15) is 44.6 Å². The first kappa shape index (κ1) is 18.2. The number of rotatable bonds is 6. The molecule has 1 amide bonds. The van der Waals surface area contributed by atoms with E-state index in [2.05, 4.69) is 53.2 Å². The number of amides is 1. The Hall–Kier alpha value is -1.55. The van der Waals surface area contributed by atoms with Crippen molar-refractivity contribution in [1.29, 1.82) is 0 Å². The molecule has 0 atom stereocenters. The fourth-order valence-electron chi connectivity index (χ4n) is 4.15. The number of piperazine rings is 1. The van der Waals surface area contributed by atoms with Gasteiger partial charge in [-0.15, -0.1) is 0 Å². The summed E-state index contributed by atoms with van der Waals surface area (Å²) in [6.45, 7) is 10.6. The van der Waals surface area contributed by atoms with Gasteiger partial charge in [0, 0.05) is 43.8 Å². The predicted molar refractivity (Wildman–Crippen MR) is 104 cm³/mol. The van der Waals surface area contributed by atoms with E-state index in [-0.39, 0.29) is 11.3 Å². The molecule has 4 heteroatoms. The number of anilines is 1. The van der Waals surface area contributed by atoms with Gasteiger partial charge in [-0.1, -0.05) is 31.9 Å². The molecule has 138 valence electrons. The van der Waals surface area contributed by atoms with E-state index in [1.165, 1.54) is 24.1 Å². The molecule has 0 radical (unpaired) electrons. The Balaban J connectivity index is 1.33. The molecule has 1 heterocycles. The minimum Gasteiger partial charge on any atom is -0.369 e. The topological polar surface area (TPSA) is 35.6 Å². The highest BCUT2D eigenvalue weighted by Gasteiger charge is 2.35. The van der Waals surface area contributed by atoms with Crippen molar-refractivity contribution in [3.05, 3.63) is 29.8 Å². The minimum atomic E-state index is -0.0978. The molecule has 0 spiro atoms. The molecule has 1 aromatic carbocycles. The molecule has 1 aliphatic carbocycles. The summed E-state index contributed by atoms with van der Waals surface area (Å²) in [6, 6.07) is 8.78.